The van der Waals surface area contributed by atoms with Crippen LogP contribution in [0.5, 0.6) is 0 Å². The molecule has 0 radical (unpaired) electrons. The van der Waals surface area contributed by atoms with Gasteiger partial charge in [-0.25, -0.2) is 0 Å². The smallest absolute Gasteiger partial charge is 0.0945 e. The summed E-state index contributed by atoms with van der Waals surface area (Å²) in [7, 11) is 0.162. The lowest BCUT2D eigenvalue weighted by Gasteiger charge is -2.16. The number of nitrogens with zero attached hydrogens (tertiary/aromatic N) is 2. The highest BCUT2D eigenvalue weighted by Crippen LogP contribution is 2.71. The Morgan fingerprint density at radius 3 is 2.89 bits per heavy atom. The van der Waals surface area contributed by atoms with Gasteiger partial charge in [0, 0.05) is 23.2 Å². The monoisotopic (exact) mass is 268 g/mol. The average Bonchev–Trinajstić information content (AvgIpc) is 2.93. The van der Waals surface area contributed by atoms with E-state index in [0.29, 0.717) is 5.28 Å². The van der Waals surface area contributed by atoms with E-state index in [-0.39, 0.29) is 7.92 Å². The van der Waals surface area contributed by atoms with Gasteiger partial charge < -0.3 is 4.57 Å². The summed E-state index contributed by atoms with van der Waals surface area (Å²) in [4.78, 5) is 4.62. The van der Waals surface area contributed by atoms with Gasteiger partial charge in [-0.1, -0.05) is 33.0 Å². The van der Waals surface area contributed by atoms with E-state index in [0.717, 1.165) is 5.52 Å². The highest BCUT2D eigenvalue weighted by Gasteiger charge is 2.50. The molecule has 3 heterocycles. The van der Waals surface area contributed by atoms with Crippen LogP contribution < -0.4 is 0 Å². The van der Waals surface area contributed by atoms with E-state index in [9.17, 15) is 0 Å². The SMILES string of the molecule is CCP1CC1(C)n1ccc2ccc3cccnc3c21. The minimum absolute atomic E-state index is 0.162. The van der Waals surface area contributed by atoms with Crippen molar-refractivity contribution >= 4 is 29.7 Å². The van der Waals surface area contributed by atoms with Crippen molar-refractivity contribution in [2.75, 3.05) is 12.3 Å². The van der Waals surface area contributed by atoms with Crippen LogP contribution in [-0.2, 0) is 5.28 Å². The zero-order valence-corrected chi connectivity index (χ0v) is 12.2. The van der Waals surface area contributed by atoms with Crippen molar-refractivity contribution in [3.63, 3.8) is 0 Å². The second-order valence-corrected chi connectivity index (χ2v) is 8.49. The van der Waals surface area contributed by atoms with Crippen LogP contribution in [0, 0.1) is 0 Å². The van der Waals surface area contributed by atoms with Crippen LogP contribution in [0.1, 0.15) is 13.8 Å². The molecule has 0 amide bonds. The van der Waals surface area contributed by atoms with E-state index in [4.69, 9.17) is 0 Å². The van der Waals surface area contributed by atoms with Gasteiger partial charge in [0.1, 0.15) is 0 Å². The molecule has 0 spiro atoms. The molecule has 1 saturated heterocycles. The van der Waals surface area contributed by atoms with Crippen molar-refractivity contribution in [2.45, 2.75) is 19.1 Å². The van der Waals surface area contributed by atoms with Gasteiger partial charge in [-0.05, 0) is 31.4 Å². The molecule has 4 rings (SSSR count). The van der Waals surface area contributed by atoms with Gasteiger partial charge in [-0.15, -0.1) is 0 Å². The molecular formula is C16H17N2P. The average molecular weight is 268 g/mol. The Morgan fingerprint density at radius 2 is 2.11 bits per heavy atom. The molecule has 0 aliphatic carbocycles. The van der Waals surface area contributed by atoms with Crippen molar-refractivity contribution < 1.29 is 0 Å². The normalized spacial score (nSPS) is 26.1. The van der Waals surface area contributed by atoms with Gasteiger partial charge in [-0.2, -0.15) is 0 Å². The number of hydrogen-bond acceptors (Lipinski definition) is 1. The predicted octanol–water partition coefficient (Wildman–Crippen LogP) is 4.38. The number of aromatic nitrogens is 2. The van der Waals surface area contributed by atoms with Gasteiger partial charge in [0.15, 0.2) is 0 Å². The zero-order chi connectivity index (χ0) is 13.0. The first-order valence-electron chi connectivity index (χ1n) is 6.84. The fourth-order valence-electron chi connectivity index (χ4n) is 3.17. The molecule has 96 valence electrons. The third-order valence-electron chi connectivity index (χ3n) is 4.39. The number of benzene rings is 1. The van der Waals surface area contributed by atoms with Gasteiger partial charge in [0.05, 0.1) is 16.3 Å². The summed E-state index contributed by atoms with van der Waals surface area (Å²) < 4.78 is 2.49. The van der Waals surface area contributed by atoms with E-state index in [1.54, 1.807) is 0 Å². The van der Waals surface area contributed by atoms with Crippen LogP contribution in [0.15, 0.2) is 42.7 Å². The first-order chi connectivity index (χ1) is 9.24. The van der Waals surface area contributed by atoms with Crippen LogP contribution in [0.4, 0.5) is 0 Å². The number of pyridine rings is 1. The summed E-state index contributed by atoms with van der Waals surface area (Å²) in [6.45, 7) is 4.72. The third-order valence-corrected chi connectivity index (χ3v) is 7.51. The molecule has 2 unspecified atom stereocenters. The predicted molar refractivity (Wildman–Crippen MR) is 83.2 cm³/mol. The molecule has 0 bridgehead atoms. The van der Waals surface area contributed by atoms with Crippen molar-refractivity contribution in [3.05, 3.63) is 42.7 Å². The van der Waals surface area contributed by atoms with E-state index in [1.807, 2.05) is 12.3 Å². The van der Waals surface area contributed by atoms with Gasteiger partial charge >= 0.3 is 0 Å². The maximum Gasteiger partial charge on any atom is 0.0945 e. The van der Waals surface area contributed by atoms with Gasteiger partial charge in [0.25, 0.3) is 0 Å². The zero-order valence-electron chi connectivity index (χ0n) is 11.3. The van der Waals surface area contributed by atoms with Crippen molar-refractivity contribution in [1.82, 2.24) is 9.55 Å². The van der Waals surface area contributed by atoms with E-state index in [1.165, 1.54) is 28.6 Å². The fourth-order valence-corrected chi connectivity index (χ4v) is 5.65. The van der Waals surface area contributed by atoms with E-state index < -0.39 is 0 Å². The molecule has 3 heteroatoms. The van der Waals surface area contributed by atoms with Gasteiger partial charge in [-0.3, -0.25) is 4.98 Å². The van der Waals surface area contributed by atoms with Crippen LogP contribution in [0.3, 0.4) is 0 Å². The molecule has 2 atom stereocenters. The Hall–Kier alpha value is -1.40. The van der Waals surface area contributed by atoms with Crippen LogP contribution in [0.25, 0.3) is 21.8 Å². The maximum absolute atomic E-state index is 4.62. The van der Waals surface area contributed by atoms with Crippen molar-refractivity contribution in [3.8, 4) is 0 Å². The highest BCUT2D eigenvalue weighted by molar-refractivity contribution is 7.66. The van der Waals surface area contributed by atoms with Crippen LogP contribution in [-0.4, -0.2) is 21.9 Å². The van der Waals surface area contributed by atoms with E-state index >= 15 is 0 Å². The molecule has 1 aliphatic rings. The lowest BCUT2D eigenvalue weighted by Crippen LogP contribution is -2.11. The summed E-state index contributed by atoms with van der Waals surface area (Å²) in [5.74, 6) is 0. The Kier molecular flexibility index (Phi) is 2.29. The lowest BCUT2D eigenvalue weighted by atomic mass is 10.1. The second kappa shape index (κ2) is 3.80. The second-order valence-electron chi connectivity index (χ2n) is 5.50. The van der Waals surface area contributed by atoms with Crippen LogP contribution in [0.2, 0.25) is 0 Å². The standard InChI is InChI=1S/C16H17N2P/c1-3-19-11-16(19,2)18-10-8-13-7-6-12-5-4-9-17-14(12)15(13)18/h4-10H,3,11H2,1-2H3. The first-order valence-corrected chi connectivity index (χ1v) is 8.55. The molecule has 2 aromatic heterocycles. The number of fused-ring (bicyclic) bond motifs is 3. The molecule has 0 saturated carbocycles. The summed E-state index contributed by atoms with van der Waals surface area (Å²) in [5, 5.41) is 2.91. The molecule has 1 aromatic carbocycles. The summed E-state index contributed by atoms with van der Waals surface area (Å²) in [5.41, 5.74) is 2.46. The van der Waals surface area contributed by atoms with Crippen molar-refractivity contribution in [1.29, 1.82) is 0 Å². The van der Waals surface area contributed by atoms with E-state index in [2.05, 4.69) is 53.9 Å². The Labute approximate surface area is 114 Å². The summed E-state index contributed by atoms with van der Waals surface area (Å²) in [6.07, 6.45) is 6.84. The Balaban J connectivity index is 2.05. The molecule has 3 aromatic rings. The molecule has 1 fully saturated rings. The highest BCUT2D eigenvalue weighted by atomic mass is 31.1. The topological polar surface area (TPSA) is 17.8 Å². The molecular weight excluding hydrogens is 251 g/mol. The third kappa shape index (κ3) is 1.50. The minimum Gasteiger partial charge on any atom is -0.336 e. The fraction of sp³-hybridized carbons (Fsp3) is 0.312. The molecule has 2 nitrogen and oxygen atoms in total. The van der Waals surface area contributed by atoms with Crippen molar-refractivity contribution in [2.24, 2.45) is 0 Å². The number of hydrogen-bond donors (Lipinski definition) is 0. The Bertz CT molecular complexity index is 777. The quantitative estimate of drug-likeness (QED) is 0.631. The Morgan fingerprint density at radius 1 is 1.26 bits per heavy atom. The molecule has 19 heavy (non-hydrogen) atoms. The number of rotatable bonds is 2. The van der Waals surface area contributed by atoms with Crippen LogP contribution >= 0.6 is 7.92 Å². The maximum atomic E-state index is 4.62. The summed E-state index contributed by atoms with van der Waals surface area (Å²) in [6, 6.07) is 10.8. The largest absolute Gasteiger partial charge is 0.336 e. The summed E-state index contributed by atoms with van der Waals surface area (Å²) >= 11 is 0. The lowest BCUT2D eigenvalue weighted by molar-refractivity contribution is 0.625. The first kappa shape index (κ1) is 11.4. The van der Waals surface area contributed by atoms with Gasteiger partial charge in [0.2, 0.25) is 0 Å². The molecule has 1 aliphatic heterocycles. The molecule has 0 N–H and O–H groups in total. The minimum atomic E-state index is 0.162.